The number of amides is 1. The number of nitrogens with one attached hydrogen (secondary N) is 3. The van der Waals surface area contributed by atoms with E-state index in [0.29, 0.717) is 39.6 Å². The van der Waals surface area contributed by atoms with Crippen LogP contribution < -0.4 is 20.7 Å². The molecule has 1 aliphatic heterocycles. The molecule has 2 fully saturated rings. The van der Waals surface area contributed by atoms with Gasteiger partial charge in [-0.3, -0.25) is 4.79 Å². The SMILES string of the molecule is Cc1ccc2c(NC(=O)C3CC3)c(F)ccc2c1Oc1ncccc1-c1ccnc(N[C@H]2CCCNC2)n1. The molecule has 0 unspecified atom stereocenters. The lowest BCUT2D eigenvalue weighted by atomic mass is 10.0. The Kier molecular flexibility index (Phi) is 6.59. The summed E-state index contributed by atoms with van der Waals surface area (Å²) in [5.74, 6) is 0.810. The van der Waals surface area contributed by atoms with Gasteiger partial charge in [0.05, 0.1) is 16.9 Å². The molecule has 0 bridgehead atoms. The molecule has 1 amide bonds. The van der Waals surface area contributed by atoms with Crippen LogP contribution in [-0.2, 0) is 4.79 Å². The number of aryl methyl sites for hydroxylation is 1. The van der Waals surface area contributed by atoms with Gasteiger partial charge in [0.2, 0.25) is 17.7 Å². The number of benzene rings is 2. The number of pyridine rings is 1. The summed E-state index contributed by atoms with van der Waals surface area (Å²) in [5.41, 5.74) is 2.42. The van der Waals surface area contributed by atoms with Crippen LogP contribution in [0.15, 0.2) is 54.9 Å². The second-order valence-corrected chi connectivity index (χ2v) is 9.90. The summed E-state index contributed by atoms with van der Waals surface area (Å²) in [6.45, 7) is 3.83. The van der Waals surface area contributed by atoms with Crippen molar-refractivity contribution in [2.75, 3.05) is 23.7 Å². The Morgan fingerprint density at radius 2 is 1.92 bits per heavy atom. The lowest BCUT2D eigenvalue weighted by molar-refractivity contribution is -0.117. The molecule has 9 heteroatoms. The lowest BCUT2D eigenvalue weighted by Gasteiger charge is -2.23. The van der Waals surface area contributed by atoms with Gasteiger partial charge in [0.15, 0.2) is 0 Å². The zero-order valence-electron chi connectivity index (χ0n) is 21.1. The van der Waals surface area contributed by atoms with Crippen molar-refractivity contribution >= 4 is 28.3 Å². The summed E-state index contributed by atoms with van der Waals surface area (Å²) in [5, 5.41) is 10.9. The smallest absolute Gasteiger partial charge is 0.228 e. The number of nitrogens with zero attached hydrogens (tertiary/aromatic N) is 3. The first-order valence-electron chi connectivity index (χ1n) is 13.0. The van der Waals surface area contributed by atoms with Crippen molar-refractivity contribution in [3.63, 3.8) is 0 Å². The molecule has 3 heterocycles. The predicted molar refractivity (Wildman–Crippen MR) is 145 cm³/mol. The van der Waals surface area contributed by atoms with E-state index in [1.165, 1.54) is 6.07 Å². The number of hydrogen-bond donors (Lipinski definition) is 3. The molecule has 3 N–H and O–H groups in total. The van der Waals surface area contributed by atoms with Crippen molar-refractivity contribution in [3.05, 3.63) is 66.2 Å². The molecule has 1 aliphatic carbocycles. The average Bonchev–Trinajstić information content (AvgIpc) is 3.79. The second kappa shape index (κ2) is 10.3. The van der Waals surface area contributed by atoms with Crippen LogP contribution in [0.4, 0.5) is 16.0 Å². The van der Waals surface area contributed by atoms with Gasteiger partial charge in [0.25, 0.3) is 0 Å². The minimum Gasteiger partial charge on any atom is -0.437 e. The maximum absolute atomic E-state index is 14.8. The van der Waals surface area contributed by atoms with E-state index in [1.54, 1.807) is 18.5 Å². The van der Waals surface area contributed by atoms with Crippen molar-refractivity contribution in [1.82, 2.24) is 20.3 Å². The molecule has 38 heavy (non-hydrogen) atoms. The minimum atomic E-state index is -0.478. The monoisotopic (exact) mass is 512 g/mol. The summed E-state index contributed by atoms with van der Waals surface area (Å²) < 4.78 is 21.2. The highest BCUT2D eigenvalue weighted by Gasteiger charge is 2.30. The normalized spacial score (nSPS) is 17.3. The van der Waals surface area contributed by atoms with Crippen molar-refractivity contribution in [2.24, 2.45) is 5.92 Å². The third-order valence-corrected chi connectivity index (χ3v) is 7.03. The number of piperidine rings is 1. The Labute approximate surface area is 220 Å². The molecule has 1 atom stereocenters. The predicted octanol–water partition coefficient (Wildman–Crippen LogP) is 5.44. The Hall–Kier alpha value is -4.11. The number of anilines is 2. The highest BCUT2D eigenvalue weighted by Crippen LogP contribution is 2.40. The highest BCUT2D eigenvalue weighted by molar-refractivity contribution is 6.05. The molecule has 2 aromatic carbocycles. The van der Waals surface area contributed by atoms with Gasteiger partial charge < -0.3 is 20.7 Å². The van der Waals surface area contributed by atoms with Crippen LogP contribution in [-0.4, -0.2) is 40.0 Å². The first kappa shape index (κ1) is 24.2. The maximum Gasteiger partial charge on any atom is 0.228 e. The summed E-state index contributed by atoms with van der Waals surface area (Å²) in [7, 11) is 0. The van der Waals surface area contributed by atoms with E-state index in [4.69, 9.17) is 9.72 Å². The molecule has 4 aromatic rings. The first-order chi connectivity index (χ1) is 18.6. The zero-order valence-corrected chi connectivity index (χ0v) is 21.1. The van der Waals surface area contributed by atoms with Crippen molar-refractivity contribution in [1.29, 1.82) is 0 Å². The topological polar surface area (TPSA) is 101 Å². The number of aromatic nitrogens is 3. The molecule has 194 valence electrons. The molecule has 2 aromatic heterocycles. The third kappa shape index (κ3) is 5.02. The highest BCUT2D eigenvalue weighted by atomic mass is 19.1. The van der Waals surface area contributed by atoms with E-state index in [9.17, 15) is 9.18 Å². The summed E-state index contributed by atoms with van der Waals surface area (Å²) >= 11 is 0. The average molecular weight is 513 g/mol. The molecular weight excluding hydrogens is 483 g/mol. The fourth-order valence-electron chi connectivity index (χ4n) is 4.79. The zero-order chi connectivity index (χ0) is 26.1. The number of carbonyl (C=O) groups is 1. The standard InChI is InChI=1S/C29H29FN6O2/c1-17-6-9-20-21(10-11-23(30)25(20)36-27(37)18-7-8-18)26(17)38-28-22(5-3-14-32-28)24-12-15-33-29(35-24)34-19-4-2-13-31-16-19/h3,5-6,9-12,14-15,18-19,31H,2,4,7-8,13,16H2,1H3,(H,36,37)(H,33,34,35)/t19-/m0/s1. The van der Waals surface area contributed by atoms with Crippen molar-refractivity contribution in [2.45, 2.75) is 38.6 Å². The van der Waals surface area contributed by atoms with E-state index >= 15 is 0 Å². The van der Waals surface area contributed by atoms with Gasteiger partial charge in [-0.2, -0.15) is 0 Å². The van der Waals surface area contributed by atoms with E-state index in [1.807, 2.05) is 37.3 Å². The number of hydrogen-bond acceptors (Lipinski definition) is 7. The largest absolute Gasteiger partial charge is 0.437 e. The Balaban J connectivity index is 1.34. The molecule has 0 spiro atoms. The quantitative estimate of drug-likeness (QED) is 0.303. The van der Waals surface area contributed by atoms with Gasteiger partial charge in [-0.05, 0) is 75.0 Å². The van der Waals surface area contributed by atoms with Gasteiger partial charge >= 0.3 is 0 Å². The molecule has 2 aliphatic rings. The first-order valence-corrected chi connectivity index (χ1v) is 13.0. The van der Waals surface area contributed by atoms with Gasteiger partial charge in [0.1, 0.15) is 11.6 Å². The number of rotatable bonds is 7. The van der Waals surface area contributed by atoms with E-state index < -0.39 is 5.82 Å². The lowest BCUT2D eigenvalue weighted by Crippen LogP contribution is -2.38. The third-order valence-electron chi connectivity index (χ3n) is 7.03. The van der Waals surface area contributed by atoms with Gasteiger partial charge in [-0.1, -0.05) is 12.1 Å². The Bertz CT molecular complexity index is 1500. The fraction of sp³-hybridized carbons (Fsp3) is 0.310. The Morgan fingerprint density at radius 3 is 2.74 bits per heavy atom. The van der Waals surface area contributed by atoms with Crippen LogP contribution in [0.2, 0.25) is 0 Å². The molecule has 8 nitrogen and oxygen atoms in total. The van der Waals surface area contributed by atoms with Crippen molar-refractivity contribution < 1.29 is 13.9 Å². The fourth-order valence-corrected chi connectivity index (χ4v) is 4.79. The maximum atomic E-state index is 14.8. The summed E-state index contributed by atoms with van der Waals surface area (Å²) in [6, 6.07) is 12.5. The van der Waals surface area contributed by atoms with Crippen LogP contribution in [0.1, 0.15) is 31.2 Å². The van der Waals surface area contributed by atoms with Crippen LogP contribution >= 0.6 is 0 Å². The minimum absolute atomic E-state index is 0.0384. The molecule has 1 saturated heterocycles. The van der Waals surface area contributed by atoms with Crippen LogP contribution in [0.5, 0.6) is 11.6 Å². The number of fused-ring (bicyclic) bond motifs is 1. The van der Waals surface area contributed by atoms with Gasteiger partial charge in [-0.15, -0.1) is 0 Å². The van der Waals surface area contributed by atoms with Crippen molar-refractivity contribution in [3.8, 4) is 22.9 Å². The van der Waals surface area contributed by atoms with Crippen LogP contribution in [0.3, 0.4) is 0 Å². The molecule has 6 rings (SSSR count). The van der Waals surface area contributed by atoms with Gasteiger partial charge in [0, 0.05) is 41.7 Å². The molecule has 1 saturated carbocycles. The summed E-state index contributed by atoms with van der Waals surface area (Å²) in [6.07, 6.45) is 7.23. The molecular formula is C29H29FN6O2. The van der Waals surface area contributed by atoms with Crippen LogP contribution in [0, 0.1) is 18.7 Å². The summed E-state index contributed by atoms with van der Waals surface area (Å²) in [4.78, 5) is 26.1. The second-order valence-electron chi connectivity index (χ2n) is 9.90. The van der Waals surface area contributed by atoms with E-state index in [0.717, 1.165) is 44.3 Å². The van der Waals surface area contributed by atoms with Gasteiger partial charge in [-0.25, -0.2) is 19.3 Å². The Morgan fingerprint density at radius 1 is 1.05 bits per heavy atom. The van der Waals surface area contributed by atoms with Crippen LogP contribution in [0.25, 0.3) is 22.0 Å². The number of halogens is 1. The number of carbonyl (C=O) groups excluding carboxylic acids is 1. The van der Waals surface area contributed by atoms with E-state index in [-0.39, 0.29) is 23.6 Å². The molecule has 0 radical (unpaired) electrons. The van der Waals surface area contributed by atoms with E-state index in [2.05, 4.69) is 25.9 Å². The number of ether oxygens (including phenoxy) is 1.